The Morgan fingerprint density at radius 1 is 1.06 bits per heavy atom. The molecule has 0 spiro atoms. The second-order valence-electron chi connectivity index (χ2n) is 3.46. The molecule has 1 aliphatic rings. The molecule has 0 saturated heterocycles. The Bertz CT molecular complexity index is 567. The minimum Gasteiger partial charge on any atom is -0.422 e. The van der Waals surface area contributed by atoms with Crippen LogP contribution in [0.3, 0.4) is 0 Å². The average molecular weight is 228 g/mol. The first kappa shape index (κ1) is 9.36. The molecule has 2 heterocycles. The number of ether oxygens (including phenoxy) is 1. The van der Waals surface area contributed by atoms with Crippen molar-refractivity contribution in [1.29, 1.82) is 0 Å². The minimum absolute atomic E-state index is 0.265. The lowest BCUT2D eigenvalue weighted by Crippen LogP contribution is -1.92. The highest BCUT2D eigenvalue weighted by molar-refractivity contribution is 7.10. The topological polar surface area (TPSA) is 26.3 Å². The van der Waals surface area contributed by atoms with Crippen LogP contribution in [0.1, 0.15) is 20.8 Å². The Morgan fingerprint density at radius 3 is 2.62 bits per heavy atom. The smallest absolute Gasteiger partial charge is 0.344 e. The van der Waals surface area contributed by atoms with Gasteiger partial charge in [-0.15, -0.1) is 11.3 Å². The number of fused-ring (bicyclic) bond motifs is 1. The zero-order valence-electron chi connectivity index (χ0n) is 8.34. The van der Waals surface area contributed by atoms with E-state index < -0.39 is 0 Å². The van der Waals surface area contributed by atoms with Crippen molar-refractivity contribution in [2.24, 2.45) is 0 Å². The quantitative estimate of drug-likeness (QED) is 0.699. The molecular weight excluding hydrogens is 220 g/mol. The number of cyclic esters (lactones) is 1. The zero-order valence-corrected chi connectivity index (χ0v) is 9.16. The van der Waals surface area contributed by atoms with E-state index in [0.29, 0.717) is 11.3 Å². The van der Waals surface area contributed by atoms with Gasteiger partial charge in [-0.1, -0.05) is 24.3 Å². The fraction of sp³-hybridized carbons (Fsp3) is 0. The van der Waals surface area contributed by atoms with E-state index in [2.05, 4.69) is 0 Å². The van der Waals surface area contributed by atoms with E-state index in [1.807, 2.05) is 41.8 Å². The highest BCUT2D eigenvalue weighted by Crippen LogP contribution is 2.31. The second kappa shape index (κ2) is 3.61. The van der Waals surface area contributed by atoms with E-state index in [1.165, 1.54) is 0 Å². The number of hydrogen-bond acceptors (Lipinski definition) is 3. The van der Waals surface area contributed by atoms with Gasteiger partial charge >= 0.3 is 5.97 Å². The molecule has 1 aromatic heterocycles. The van der Waals surface area contributed by atoms with Crippen molar-refractivity contribution >= 4 is 29.1 Å². The highest BCUT2D eigenvalue weighted by atomic mass is 32.1. The van der Waals surface area contributed by atoms with Crippen LogP contribution >= 0.6 is 11.3 Å². The molecule has 3 heteroatoms. The number of thiophene rings is 1. The van der Waals surface area contributed by atoms with Crippen LogP contribution in [-0.2, 0) is 4.74 Å². The molecular formula is C13H8O2S. The van der Waals surface area contributed by atoms with E-state index in [9.17, 15) is 4.79 Å². The van der Waals surface area contributed by atoms with Crippen LogP contribution in [0.5, 0.6) is 0 Å². The van der Waals surface area contributed by atoms with Gasteiger partial charge in [0.15, 0.2) is 0 Å². The number of esters is 1. The Balaban J connectivity index is 2.10. The molecule has 78 valence electrons. The molecule has 2 nitrogen and oxygen atoms in total. The molecule has 0 aliphatic carbocycles. The predicted octanol–water partition coefficient (Wildman–Crippen LogP) is 3.42. The maximum atomic E-state index is 11.5. The SMILES string of the molecule is O=C1O/C(=C\c2cccs2)c2ccccc21. The van der Waals surface area contributed by atoms with Crippen LogP contribution in [0.2, 0.25) is 0 Å². The Kier molecular flexibility index (Phi) is 2.11. The van der Waals surface area contributed by atoms with Crippen molar-refractivity contribution < 1.29 is 9.53 Å². The fourth-order valence-corrected chi connectivity index (χ4v) is 2.34. The van der Waals surface area contributed by atoms with Crippen molar-refractivity contribution in [3.63, 3.8) is 0 Å². The summed E-state index contributed by atoms with van der Waals surface area (Å²) in [5.74, 6) is 0.376. The van der Waals surface area contributed by atoms with Gasteiger partial charge in [0.05, 0.1) is 5.56 Å². The molecule has 1 aromatic carbocycles. The first-order valence-electron chi connectivity index (χ1n) is 4.91. The van der Waals surface area contributed by atoms with Crippen molar-refractivity contribution in [2.45, 2.75) is 0 Å². The van der Waals surface area contributed by atoms with E-state index in [4.69, 9.17) is 4.74 Å². The Hall–Kier alpha value is -1.87. The molecule has 0 atom stereocenters. The lowest BCUT2D eigenvalue weighted by atomic mass is 10.1. The van der Waals surface area contributed by atoms with Crippen molar-refractivity contribution in [3.05, 3.63) is 57.8 Å². The van der Waals surface area contributed by atoms with Crippen LogP contribution in [0.25, 0.3) is 11.8 Å². The van der Waals surface area contributed by atoms with Crippen molar-refractivity contribution in [2.75, 3.05) is 0 Å². The third kappa shape index (κ3) is 1.46. The Labute approximate surface area is 96.8 Å². The summed E-state index contributed by atoms with van der Waals surface area (Å²) in [6.07, 6.45) is 1.90. The molecule has 0 fully saturated rings. The first-order chi connectivity index (χ1) is 7.84. The monoisotopic (exact) mass is 228 g/mol. The number of benzene rings is 1. The van der Waals surface area contributed by atoms with E-state index in [-0.39, 0.29) is 5.97 Å². The van der Waals surface area contributed by atoms with Gasteiger partial charge in [0.1, 0.15) is 5.76 Å². The summed E-state index contributed by atoms with van der Waals surface area (Å²) in [7, 11) is 0. The lowest BCUT2D eigenvalue weighted by Gasteiger charge is -1.96. The maximum absolute atomic E-state index is 11.5. The number of carbonyl (C=O) groups is 1. The maximum Gasteiger partial charge on any atom is 0.344 e. The number of hydrogen-bond donors (Lipinski definition) is 0. The van der Waals surface area contributed by atoms with Crippen molar-refractivity contribution in [3.8, 4) is 0 Å². The van der Waals surface area contributed by atoms with Gasteiger partial charge in [-0.2, -0.15) is 0 Å². The molecule has 0 amide bonds. The highest BCUT2D eigenvalue weighted by Gasteiger charge is 2.25. The molecule has 0 unspecified atom stereocenters. The number of rotatable bonds is 1. The first-order valence-corrected chi connectivity index (χ1v) is 5.79. The van der Waals surface area contributed by atoms with Gasteiger partial charge < -0.3 is 4.74 Å². The summed E-state index contributed by atoms with van der Waals surface area (Å²) in [5.41, 5.74) is 1.52. The third-order valence-electron chi connectivity index (χ3n) is 2.43. The number of carbonyl (C=O) groups excluding carboxylic acids is 1. The van der Waals surface area contributed by atoms with E-state index in [0.717, 1.165) is 10.4 Å². The predicted molar refractivity (Wildman–Crippen MR) is 64.0 cm³/mol. The molecule has 0 N–H and O–H groups in total. The van der Waals surface area contributed by atoms with Gasteiger partial charge in [-0.25, -0.2) is 4.79 Å². The van der Waals surface area contributed by atoms with Gasteiger partial charge in [0, 0.05) is 10.4 Å². The van der Waals surface area contributed by atoms with Crippen LogP contribution in [-0.4, -0.2) is 5.97 Å². The summed E-state index contributed by atoms with van der Waals surface area (Å²) in [4.78, 5) is 12.6. The molecule has 2 aromatic rings. The summed E-state index contributed by atoms with van der Waals surface area (Å²) < 4.78 is 5.23. The summed E-state index contributed by atoms with van der Waals surface area (Å²) in [6, 6.07) is 11.4. The van der Waals surface area contributed by atoms with Gasteiger partial charge in [-0.05, 0) is 23.6 Å². The summed E-state index contributed by atoms with van der Waals surface area (Å²) in [6.45, 7) is 0. The van der Waals surface area contributed by atoms with Crippen molar-refractivity contribution in [1.82, 2.24) is 0 Å². The van der Waals surface area contributed by atoms with Gasteiger partial charge in [-0.3, -0.25) is 0 Å². The standard InChI is InChI=1S/C13H8O2S/c14-13-11-6-2-1-5-10(11)12(15-13)8-9-4-3-7-16-9/h1-8H/b12-8-. The van der Waals surface area contributed by atoms with Crippen LogP contribution in [0, 0.1) is 0 Å². The second-order valence-corrected chi connectivity index (χ2v) is 4.44. The van der Waals surface area contributed by atoms with Crippen LogP contribution in [0.15, 0.2) is 41.8 Å². The molecule has 0 radical (unpaired) electrons. The molecule has 0 bridgehead atoms. The molecule has 1 aliphatic heterocycles. The van der Waals surface area contributed by atoms with E-state index >= 15 is 0 Å². The zero-order chi connectivity index (χ0) is 11.0. The fourth-order valence-electron chi connectivity index (χ4n) is 1.70. The summed E-state index contributed by atoms with van der Waals surface area (Å²) in [5, 5.41) is 2.00. The third-order valence-corrected chi connectivity index (χ3v) is 3.25. The lowest BCUT2D eigenvalue weighted by molar-refractivity contribution is 0.0717. The van der Waals surface area contributed by atoms with E-state index in [1.54, 1.807) is 17.4 Å². The minimum atomic E-state index is -0.265. The molecule has 16 heavy (non-hydrogen) atoms. The molecule has 0 saturated carbocycles. The largest absolute Gasteiger partial charge is 0.422 e. The summed E-state index contributed by atoms with van der Waals surface area (Å²) >= 11 is 1.62. The molecule has 3 rings (SSSR count). The van der Waals surface area contributed by atoms with Crippen LogP contribution in [0.4, 0.5) is 0 Å². The Morgan fingerprint density at radius 2 is 1.88 bits per heavy atom. The van der Waals surface area contributed by atoms with Gasteiger partial charge in [0.25, 0.3) is 0 Å². The average Bonchev–Trinajstić information content (AvgIpc) is 2.90. The van der Waals surface area contributed by atoms with Crippen LogP contribution < -0.4 is 0 Å². The normalized spacial score (nSPS) is 16.2. The van der Waals surface area contributed by atoms with Gasteiger partial charge in [0.2, 0.25) is 0 Å².